The molecule has 154 valence electrons. The van der Waals surface area contributed by atoms with Gasteiger partial charge in [-0.05, 0) is 31.6 Å². The Kier molecular flexibility index (Phi) is 7.38. The maximum atomic E-state index is 12.9. The molecule has 6 heteroatoms. The predicted octanol–water partition coefficient (Wildman–Crippen LogP) is 3.33. The maximum absolute atomic E-state index is 12.9. The fourth-order valence-electron chi connectivity index (χ4n) is 3.52. The number of nitrogens with zero attached hydrogens (tertiary/aromatic N) is 2. The lowest BCUT2D eigenvalue weighted by Crippen LogP contribution is -2.53. The van der Waals surface area contributed by atoms with Crippen LogP contribution in [0.5, 0.6) is 0 Å². The first-order chi connectivity index (χ1) is 14.1. The van der Waals surface area contributed by atoms with Gasteiger partial charge in [-0.25, -0.2) is 4.79 Å². The van der Waals surface area contributed by atoms with Gasteiger partial charge in [0.15, 0.2) is 5.71 Å². The average Bonchev–Trinajstić information content (AvgIpc) is 2.74. The number of rotatable bonds is 7. The molecule has 2 aliphatic rings. The second-order valence-corrected chi connectivity index (χ2v) is 7.13. The Labute approximate surface area is 172 Å². The molecule has 0 spiro atoms. The van der Waals surface area contributed by atoms with Crippen molar-refractivity contribution in [2.75, 3.05) is 38.3 Å². The van der Waals surface area contributed by atoms with Crippen molar-refractivity contribution in [3.8, 4) is 0 Å². The van der Waals surface area contributed by atoms with E-state index in [0.29, 0.717) is 25.5 Å². The molecule has 1 fully saturated rings. The number of nitrogens with one attached hydrogen (secondary N) is 1. The van der Waals surface area contributed by atoms with Gasteiger partial charge in [-0.2, -0.15) is 5.10 Å². The minimum atomic E-state index is -0.417. The lowest BCUT2D eigenvalue weighted by molar-refractivity contribution is -0.135. The summed E-state index contributed by atoms with van der Waals surface area (Å²) < 4.78 is 10.9. The highest BCUT2D eigenvalue weighted by Crippen LogP contribution is 2.27. The first-order valence-corrected chi connectivity index (χ1v) is 10.0. The Bertz CT molecular complexity index is 805. The highest BCUT2D eigenvalue weighted by atomic mass is 16.5. The number of hydrazone groups is 1. The van der Waals surface area contributed by atoms with Crippen molar-refractivity contribution in [2.45, 2.75) is 19.9 Å². The summed E-state index contributed by atoms with van der Waals surface area (Å²) in [6.45, 7) is 11.0. The molecule has 0 aromatic heterocycles. The number of anilines is 1. The van der Waals surface area contributed by atoms with Crippen LogP contribution >= 0.6 is 0 Å². The Morgan fingerprint density at radius 2 is 2.03 bits per heavy atom. The van der Waals surface area contributed by atoms with Crippen molar-refractivity contribution in [1.29, 1.82) is 0 Å². The predicted molar refractivity (Wildman–Crippen MR) is 116 cm³/mol. The first kappa shape index (κ1) is 21.0. The summed E-state index contributed by atoms with van der Waals surface area (Å²) >= 11 is 0. The van der Waals surface area contributed by atoms with Crippen molar-refractivity contribution < 1.29 is 14.3 Å². The number of benzene rings is 1. The van der Waals surface area contributed by atoms with Gasteiger partial charge in [0, 0.05) is 19.0 Å². The van der Waals surface area contributed by atoms with E-state index >= 15 is 0 Å². The monoisotopic (exact) mass is 395 g/mol. The number of carbonyl (C=O) groups is 1. The van der Waals surface area contributed by atoms with Crippen LogP contribution in [0.25, 0.3) is 0 Å². The largest absolute Gasteiger partial charge is 0.461 e. The minimum Gasteiger partial charge on any atom is -0.461 e. The second-order valence-electron chi connectivity index (χ2n) is 7.13. The molecule has 2 atom stereocenters. The molecule has 1 heterocycles. The molecule has 29 heavy (non-hydrogen) atoms. The lowest BCUT2D eigenvalue weighted by atomic mass is 9.85. The third-order valence-electron chi connectivity index (χ3n) is 5.07. The molecule has 0 radical (unpaired) electrons. The summed E-state index contributed by atoms with van der Waals surface area (Å²) in [5, 5.41) is 4.54. The summed E-state index contributed by atoms with van der Waals surface area (Å²) in [5.41, 5.74) is 6.31. The molecule has 2 unspecified atom stereocenters. The van der Waals surface area contributed by atoms with Crippen LogP contribution in [0.4, 0.5) is 5.69 Å². The SMILES string of the molecule is C=C1C=CC=CC1C(C(=NNc1ccc(C)cc1)C(=O)OCC)N1CCOCC1. The van der Waals surface area contributed by atoms with Crippen LogP contribution in [0.1, 0.15) is 12.5 Å². The zero-order valence-corrected chi connectivity index (χ0v) is 17.1. The summed E-state index contributed by atoms with van der Waals surface area (Å²) in [5.74, 6) is -0.486. The first-order valence-electron chi connectivity index (χ1n) is 10.0. The molecule has 0 amide bonds. The van der Waals surface area contributed by atoms with Crippen LogP contribution in [-0.4, -0.2) is 55.5 Å². The van der Waals surface area contributed by atoms with Crippen molar-refractivity contribution in [3.05, 3.63) is 66.3 Å². The number of hydrogen-bond acceptors (Lipinski definition) is 6. The number of carbonyl (C=O) groups excluding carboxylic acids is 1. The van der Waals surface area contributed by atoms with Gasteiger partial charge < -0.3 is 9.47 Å². The molecule has 1 aliphatic carbocycles. The van der Waals surface area contributed by atoms with Gasteiger partial charge in [-0.15, -0.1) is 0 Å². The van der Waals surface area contributed by atoms with E-state index in [1.807, 2.05) is 49.4 Å². The number of allylic oxidation sites excluding steroid dienone is 3. The summed E-state index contributed by atoms with van der Waals surface area (Å²) in [4.78, 5) is 15.2. The summed E-state index contributed by atoms with van der Waals surface area (Å²) in [6.07, 6.45) is 8.00. The summed E-state index contributed by atoms with van der Waals surface area (Å²) in [7, 11) is 0. The van der Waals surface area contributed by atoms with E-state index in [4.69, 9.17) is 9.47 Å². The molecule has 1 aliphatic heterocycles. The minimum absolute atomic E-state index is 0.0685. The Morgan fingerprint density at radius 3 is 2.69 bits per heavy atom. The lowest BCUT2D eigenvalue weighted by Gasteiger charge is -2.38. The highest BCUT2D eigenvalue weighted by Gasteiger charge is 2.37. The molecule has 1 N–H and O–H groups in total. The zero-order chi connectivity index (χ0) is 20.6. The Balaban J connectivity index is 1.96. The Hall–Kier alpha value is -2.70. The van der Waals surface area contributed by atoms with Crippen molar-refractivity contribution in [1.82, 2.24) is 4.90 Å². The van der Waals surface area contributed by atoms with Crippen LogP contribution in [0, 0.1) is 12.8 Å². The second kappa shape index (κ2) is 10.2. The molecule has 0 bridgehead atoms. The van der Waals surface area contributed by atoms with E-state index in [-0.39, 0.29) is 12.0 Å². The van der Waals surface area contributed by atoms with Crippen LogP contribution in [-0.2, 0) is 14.3 Å². The van der Waals surface area contributed by atoms with E-state index < -0.39 is 5.97 Å². The molecule has 1 aromatic carbocycles. The maximum Gasteiger partial charge on any atom is 0.356 e. The van der Waals surface area contributed by atoms with Gasteiger partial charge in [0.1, 0.15) is 0 Å². The van der Waals surface area contributed by atoms with Gasteiger partial charge in [-0.1, -0.05) is 48.6 Å². The topological polar surface area (TPSA) is 63.2 Å². The molecule has 1 aromatic rings. The fourth-order valence-corrected chi connectivity index (χ4v) is 3.52. The van der Waals surface area contributed by atoms with Gasteiger partial charge in [0.05, 0.1) is 31.5 Å². The molecular formula is C23H29N3O3. The van der Waals surface area contributed by atoms with E-state index in [1.54, 1.807) is 6.92 Å². The number of esters is 1. The molecule has 6 nitrogen and oxygen atoms in total. The third-order valence-corrected chi connectivity index (χ3v) is 5.07. The smallest absolute Gasteiger partial charge is 0.356 e. The van der Waals surface area contributed by atoms with Crippen molar-refractivity contribution >= 4 is 17.4 Å². The van der Waals surface area contributed by atoms with E-state index in [9.17, 15) is 4.79 Å². The number of hydrogen-bond donors (Lipinski definition) is 1. The third kappa shape index (κ3) is 5.43. The Morgan fingerprint density at radius 1 is 1.31 bits per heavy atom. The van der Waals surface area contributed by atoms with Gasteiger partial charge in [0.2, 0.25) is 0 Å². The number of morpholine rings is 1. The molecule has 3 rings (SSSR count). The zero-order valence-electron chi connectivity index (χ0n) is 17.1. The summed E-state index contributed by atoms with van der Waals surface area (Å²) in [6, 6.07) is 7.58. The number of aryl methyl sites for hydroxylation is 1. The van der Waals surface area contributed by atoms with Gasteiger partial charge >= 0.3 is 5.97 Å². The molecule has 0 saturated carbocycles. The quantitative estimate of drug-likeness (QED) is 0.436. The van der Waals surface area contributed by atoms with Crippen molar-refractivity contribution in [2.24, 2.45) is 11.0 Å². The van der Waals surface area contributed by atoms with Gasteiger partial charge in [-0.3, -0.25) is 10.3 Å². The van der Waals surface area contributed by atoms with Crippen molar-refractivity contribution in [3.63, 3.8) is 0 Å². The van der Waals surface area contributed by atoms with E-state index in [2.05, 4.69) is 28.1 Å². The molecular weight excluding hydrogens is 366 g/mol. The number of ether oxygens (including phenoxy) is 2. The highest BCUT2D eigenvalue weighted by molar-refractivity contribution is 6.38. The normalized spacial score (nSPS) is 21.1. The van der Waals surface area contributed by atoms with E-state index in [0.717, 1.165) is 29.9 Å². The van der Waals surface area contributed by atoms with Crippen LogP contribution in [0.3, 0.4) is 0 Å². The average molecular weight is 396 g/mol. The van der Waals surface area contributed by atoms with Crippen LogP contribution in [0.2, 0.25) is 0 Å². The van der Waals surface area contributed by atoms with E-state index in [1.165, 1.54) is 0 Å². The molecule has 1 saturated heterocycles. The van der Waals surface area contributed by atoms with Crippen LogP contribution in [0.15, 0.2) is 65.8 Å². The fraction of sp³-hybridized carbons (Fsp3) is 0.391. The van der Waals surface area contributed by atoms with Crippen LogP contribution < -0.4 is 5.43 Å². The van der Waals surface area contributed by atoms with Gasteiger partial charge in [0.25, 0.3) is 0 Å². The standard InChI is InChI=1S/C23H29N3O3/c1-4-29-23(27)21(25-24-19-11-9-17(2)10-12-19)22(26-13-15-28-16-14-26)20-8-6-5-7-18(20)3/h5-12,20,22,24H,3-4,13-16H2,1-2H3.